The first-order valence-corrected chi connectivity index (χ1v) is 12.8. The van der Waals surface area contributed by atoms with Crippen molar-refractivity contribution < 1.29 is 18.7 Å². The lowest BCUT2D eigenvalue weighted by molar-refractivity contribution is 0.0436. The lowest BCUT2D eigenvalue weighted by Gasteiger charge is -2.35. The number of ether oxygens (including phenoxy) is 2. The van der Waals surface area contributed by atoms with Crippen LogP contribution in [0.2, 0.25) is 0 Å². The third kappa shape index (κ3) is 5.26. The van der Waals surface area contributed by atoms with E-state index in [0.29, 0.717) is 34.7 Å². The molecule has 0 radical (unpaired) electrons. The molecule has 2 saturated carbocycles. The number of benzene rings is 1. The van der Waals surface area contributed by atoms with Gasteiger partial charge in [-0.15, -0.1) is 0 Å². The van der Waals surface area contributed by atoms with Crippen LogP contribution in [-0.4, -0.2) is 53.6 Å². The molecule has 0 bridgehead atoms. The van der Waals surface area contributed by atoms with Crippen molar-refractivity contribution in [2.45, 2.75) is 54.9 Å². The molecule has 2 saturated heterocycles. The molecule has 5 rings (SSSR count). The first kappa shape index (κ1) is 20.9. The van der Waals surface area contributed by atoms with Crippen LogP contribution >= 0.6 is 23.9 Å². The Morgan fingerprint density at radius 2 is 1.90 bits per heavy atom. The fourth-order valence-electron chi connectivity index (χ4n) is 3.84. The first-order chi connectivity index (χ1) is 14.7. The van der Waals surface area contributed by atoms with Gasteiger partial charge in [0.2, 0.25) is 0 Å². The maximum atomic E-state index is 14.7. The summed E-state index contributed by atoms with van der Waals surface area (Å²) in [5.74, 6) is 0.695. The lowest BCUT2D eigenvalue weighted by atomic mass is 9.99. The molecule has 0 spiro atoms. The Kier molecular flexibility index (Phi) is 6.46. The van der Waals surface area contributed by atoms with E-state index in [2.05, 4.69) is 9.03 Å². The van der Waals surface area contributed by atoms with E-state index < -0.39 is 5.82 Å². The summed E-state index contributed by atoms with van der Waals surface area (Å²) in [6, 6.07) is 3.16. The minimum atomic E-state index is -0.489. The number of rotatable bonds is 9. The zero-order valence-electron chi connectivity index (χ0n) is 17.1. The van der Waals surface area contributed by atoms with Gasteiger partial charge in [0.15, 0.2) is 0 Å². The highest BCUT2D eigenvalue weighted by molar-refractivity contribution is 7.98. The Hall–Kier alpha value is -0.960. The number of amides is 1. The highest BCUT2D eigenvalue weighted by Gasteiger charge is 2.31. The molecule has 1 N–H and O–H groups in total. The first-order valence-electron chi connectivity index (χ1n) is 11.1. The van der Waals surface area contributed by atoms with Crippen LogP contribution in [0.4, 0.5) is 4.39 Å². The van der Waals surface area contributed by atoms with Gasteiger partial charge in [0.05, 0.1) is 30.6 Å². The van der Waals surface area contributed by atoms with Gasteiger partial charge in [0, 0.05) is 24.4 Å². The Morgan fingerprint density at radius 3 is 2.53 bits per heavy atom. The third-order valence-corrected chi connectivity index (χ3v) is 8.50. The molecule has 5 nitrogen and oxygen atoms in total. The SMILES string of the molecule is O=C(NSC1CC1)c1cc(C2CC2)c(OCC2CCN(SC3COC3)CC2)cc1F. The van der Waals surface area contributed by atoms with E-state index in [-0.39, 0.29) is 11.5 Å². The molecular weight excluding hydrogens is 423 g/mol. The molecule has 1 aromatic carbocycles. The fraction of sp³-hybridized carbons (Fsp3) is 0.682. The van der Waals surface area contributed by atoms with Gasteiger partial charge in [-0.2, -0.15) is 0 Å². The topological polar surface area (TPSA) is 50.8 Å². The van der Waals surface area contributed by atoms with Crippen LogP contribution in [0.1, 0.15) is 60.4 Å². The van der Waals surface area contributed by atoms with Crippen LogP contribution in [0.25, 0.3) is 0 Å². The summed E-state index contributed by atoms with van der Waals surface area (Å²) in [5, 5.41) is 1.12. The Morgan fingerprint density at radius 1 is 1.13 bits per heavy atom. The van der Waals surface area contributed by atoms with E-state index >= 15 is 0 Å². The van der Waals surface area contributed by atoms with Crippen molar-refractivity contribution >= 4 is 29.8 Å². The van der Waals surface area contributed by atoms with Crippen molar-refractivity contribution in [1.82, 2.24) is 9.03 Å². The summed E-state index contributed by atoms with van der Waals surface area (Å²) in [5.41, 5.74) is 1.14. The zero-order chi connectivity index (χ0) is 20.5. The van der Waals surface area contributed by atoms with Gasteiger partial charge in [-0.25, -0.2) is 4.39 Å². The number of carbonyl (C=O) groups excluding carboxylic acids is 1. The molecule has 0 unspecified atom stereocenters. The number of nitrogens with zero attached hydrogens (tertiary/aromatic N) is 1. The van der Waals surface area contributed by atoms with Crippen molar-refractivity contribution in [2.75, 3.05) is 32.9 Å². The van der Waals surface area contributed by atoms with Gasteiger partial charge in [-0.3, -0.25) is 13.8 Å². The van der Waals surface area contributed by atoms with Crippen LogP contribution in [-0.2, 0) is 4.74 Å². The Balaban J connectivity index is 1.17. The van der Waals surface area contributed by atoms with Crippen molar-refractivity contribution in [1.29, 1.82) is 0 Å². The quantitative estimate of drug-likeness (QED) is 0.561. The summed E-state index contributed by atoms with van der Waals surface area (Å²) < 4.78 is 31.3. The summed E-state index contributed by atoms with van der Waals surface area (Å²) in [7, 11) is 0. The molecule has 0 aromatic heterocycles. The summed E-state index contributed by atoms with van der Waals surface area (Å²) in [6.07, 6.45) is 6.61. The molecule has 30 heavy (non-hydrogen) atoms. The average molecular weight is 453 g/mol. The van der Waals surface area contributed by atoms with E-state index in [1.165, 1.54) is 18.0 Å². The predicted octanol–water partition coefficient (Wildman–Crippen LogP) is 4.38. The van der Waals surface area contributed by atoms with Gasteiger partial charge in [0.1, 0.15) is 11.6 Å². The Labute approximate surface area is 186 Å². The highest BCUT2D eigenvalue weighted by Crippen LogP contribution is 2.45. The monoisotopic (exact) mass is 452 g/mol. The average Bonchev–Trinajstić information content (AvgIpc) is 3.62. The van der Waals surface area contributed by atoms with E-state index in [9.17, 15) is 9.18 Å². The maximum Gasteiger partial charge on any atom is 0.264 e. The molecule has 4 fully saturated rings. The number of halogens is 1. The standard InChI is InChI=1S/C22H29FN2O3S2/c23-20-10-21(28-11-14-5-7-25(8-6-14)30-17-12-27-13-17)18(15-1-2-15)9-19(20)22(26)24-29-16-3-4-16/h9-10,14-17H,1-8,11-13H2,(H,24,26). The number of hydrogen-bond acceptors (Lipinski definition) is 6. The molecule has 164 valence electrons. The third-order valence-electron chi connectivity index (χ3n) is 6.16. The van der Waals surface area contributed by atoms with Gasteiger partial charge in [0.25, 0.3) is 5.91 Å². The summed E-state index contributed by atoms with van der Waals surface area (Å²) in [4.78, 5) is 12.4. The van der Waals surface area contributed by atoms with Crippen molar-refractivity contribution in [3.63, 3.8) is 0 Å². The van der Waals surface area contributed by atoms with Gasteiger partial charge < -0.3 is 9.47 Å². The molecule has 4 aliphatic rings. The predicted molar refractivity (Wildman–Crippen MR) is 118 cm³/mol. The fourth-order valence-corrected chi connectivity index (χ4v) is 5.75. The van der Waals surface area contributed by atoms with Crippen LogP contribution in [0.5, 0.6) is 5.75 Å². The molecule has 2 aliphatic carbocycles. The smallest absolute Gasteiger partial charge is 0.264 e. The number of carbonyl (C=O) groups is 1. The molecule has 8 heteroatoms. The second-order valence-corrected chi connectivity index (χ2v) is 11.3. The summed E-state index contributed by atoms with van der Waals surface area (Å²) >= 11 is 3.35. The second kappa shape index (κ2) is 9.27. The molecular formula is C22H29FN2O3S2. The van der Waals surface area contributed by atoms with Gasteiger partial charge in [-0.1, -0.05) is 11.9 Å². The molecule has 1 amide bonds. The molecule has 2 heterocycles. The van der Waals surface area contributed by atoms with Crippen molar-refractivity contribution in [2.24, 2.45) is 5.92 Å². The van der Waals surface area contributed by atoms with Gasteiger partial charge >= 0.3 is 0 Å². The Bertz CT molecular complexity index is 776. The zero-order valence-corrected chi connectivity index (χ0v) is 18.7. The van der Waals surface area contributed by atoms with E-state index in [1.54, 1.807) is 6.07 Å². The van der Waals surface area contributed by atoms with Crippen molar-refractivity contribution in [3.05, 3.63) is 29.1 Å². The number of nitrogens with one attached hydrogen (secondary N) is 1. The van der Waals surface area contributed by atoms with Crippen LogP contribution in [0, 0.1) is 11.7 Å². The van der Waals surface area contributed by atoms with E-state index in [1.807, 2.05) is 11.9 Å². The minimum absolute atomic E-state index is 0.141. The minimum Gasteiger partial charge on any atom is -0.493 e. The largest absolute Gasteiger partial charge is 0.493 e. The van der Waals surface area contributed by atoms with Crippen LogP contribution in [0.3, 0.4) is 0 Å². The van der Waals surface area contributed by atoms with E-state index in [4.69, 9.17) is 9.47 Å². The number of piperidine rings is 1. The normalized spacial score (nSPS) is 23.2. The lowest BCUT2D eigenvalue weighted by Crippen LogP contribution is -2.38. The van der Waals surface area contributed by atoms with Crippen LogP contribution < -0.4 is 9.46 Å². The highest BCUT2D eigenvalue weighted by atomic mass is 32.2. The molecule has 0 atom stereocenters. The van der Waals surface area contributed by atoms with E-state index in [0.717, 1.165) is 70.4 Å². The molecule has 2 aliphatic heterocycles. The maximum absolute atomic E-state index is 14.7. The van der Waals surface area contributed by atoms with Crippen LogP contribution in [0.15, 0.2) is 12.1 Å². The summed E-state index contributed by atoms with van der Waals surface area (Å²) in [6.45, 7) is 4.49. The second-order valence-electron chi connectivity index (χ2n) is 8.84. The number of hydrogen-bond donors (Lipinski definition) is 1. The van der Waals surface area contributed by atoms with Crippen molar-refractivity contribution in [3.8, 4) is 5.75 Å². The molecule has 1 aromatic rings. The van der Waals surface area contributed by atoms with Gasteiger partial charge in [-0.05, 0) is 73.9 Å².